The van der Waals surface area contributed by atoms with Gasteiger partial charge >= 0.3 is 0 Å². The van der Waals surface area contributed by atoms with Crippen LogP contribution in [-0.4, -0.2) is 23.5 Å². The van der Waals surface area contributed by atoms with E-state index in [1.54, 1.807) is 24.3 Å². The third kappa shape index (κ3) is 6.09. The van der Waals surface area contributed by atoms with Crippen LogP contribution >= 0.6 is 0 Å². The number of amides is 2. The number of anilines is 1. The van der Waals surface area contributed by atoms with Crippen molar-refractivity contribution < 1.29 is 18.7 Å². The number of para-hydroxylation sites is 1. The van der Waals surface area contributed by atoms with Gasteiger partial charge in [-0.15, -0.1) is 0 Å². The molecule has 0 bridgehead atoms. The molecule has 5 nitrogen and oxygen atoms in total. The molecule has 0 aromatic heterocycles. The molecule has 2 N–H and O–H groups in total. The molecule has 0 spiro atoms. The van der Waals surface area contributed by atoms with E-state index in [-0.39, 0.29) is 17.6 Å². The topological polar surface area (TPSA) is 67.4 Å². The number of benzene rings is 2. The van der Waals surface area contributed by atoms with E-state index < -0.39 is 11.6 Å². The molecule has 1 atom stereocenters. The maximum absolute atomic E-state index is 13.0. The molecule has 2 amide bonds. The van der Waals surface area contributed by atoms with Gasteiger partial charge in [-0.25, -0.2) is 4.39 Å². The summed E-state index contributed by atoms with van der Waals surface area (Å²) in [5, 5.41) is 5.64. The van der Waals surface area contributed by atoms with Crippen LogP contribution in [0.25, 0.3) is 0 Å². The first-order chi connectivity index (χ1) is 12.7. The summed E-state index contributed by atoms with van der Waals surface area (Å²) in [5.41, 5.74) is 0.383. The summed E-state index contributed by atoms with van der Waals surface area (Å²) in [6.45, 7) is 7.47. The summed E-state index contributed by atoms with van der Waals surface area (Å²) in [6, 6.07) is 12.3. The lowest BCUT2D eigenvalue weighted by Gasteiger charge is -2.22. The highest BCUT2D eigenvalue weighted by molar-refractivity contribution is 6.04. The summed E-state index contributed by atoms with van der Waals surface area (Å²) >= 11 is 0. The fraction of sp³-hybridized carbons (Fsp3) is 0.333. The zero-order valence-electron chi connectivity index (χ0n) is 16.0. The highest BCUT2D eigenvalue weighted by atomic mass is 19.1. The van der Waals surface area contributed by atoms with E-state index in [1.165, 1.54) is 24.3 Å². The normalized spacial score (nSPS) is 12.2. The lowest BCUT2D eigenvalue weighted by atomic mass is 10.1. The van der Waals surface area contributed by atoms with Crippen LogP contribution in [0.15, 0.2) is 48.5 Å². The van der Waals surface area contributed by atoms with Crippen molar-refractivity contribution in [2.45, 2.75) is 45.8 Å². The number of carbonyl (C=O) groups is 2. The summed E-state index contributed by atoms with van der Waals surface area (Å²) < 4.78 is 18.7. The average Bonchev–Trinajstić information content (AvgIpc) is 2.60. The van der Waals surface area contributed by atoms with Crippen molar-refractivity contribution in [3.8, 4) is 5.75 Å². The number of hydrogen-bond donors (Lipinski definition) is 2. The highest BCUT2D eigenvalue weighted by Gasteiger charge is 2.22. The van der Waals surface area contributed by atoms with Gasteiger partial charge in [0.2, 0.25) is 0 Å². The average molecular weight is 372 g/mol. The summed E-state index contributed by atoms with van der Waals surface area (Å²) in [7, 11) is 0. The van der Waals surface area contributed by atoms with Gasteiger partial charge in [-0.2, -0.15) is 0 Å². The van der Waals surface area contributed by atoms with Gasteiger partial charge in [0.15, 0.2) is 6.10 Å². The first-order valence-electron chi connectivity index (χ1n) is 8.84. The molecule has 6 heteroatoms. The van der Waals surface area contributed by atoms with E-state index in [0.717, 1.165) is 0 Å². The van der Waals surface area contributed by atoms with Crippen LogP contribution in [0.1, 0.15) is 44.5 Å². The van der Waals surface area contributed by atoms with Gasteiger partial charge in [0.1, 0.15) is 11.6 Å². The van der Waals surface area contributed by atoms with Crippen LogP contribution < -0.4 is 15.4 Å². The molecule has 0 unspecified atom stereocenters. The number of ether oxygens (including phenoxy) is 1. The molecular weight excluding hydrogens is 347 g/mol. The SMILES string of the molecule is CC[C@@H](Oc1ccc(F)cc1)C(=O)Nc1ccccc1C(=O)NC(C)(C)C. The van der Waals surface area contributed by atoms with Crippen LogP contribution in [0.4, 0.5) is 10.1 Å². The van der Waals surface area contributed by atoms with E-state index in [2.05, 4.69) is 10.6 Å². The third-order valence-electron chi connectivity index (χ3n) is 3.67. The zero-order chi connectivity index (χ0) is 20.0. The van der Waals surface area contributed by atoms with Crippen LogP contribution in [0.2, 0.25) is 0 Å². The molecule has 0 fully saturated rings. The maximum Gasteiger partial charge on any atom is 0.265 e. The number of carbonyl (C=O) groups excluding carboxylic acids is 2. The highest BCUT2D eigenvalue weighted by Crippen LogP contribution is 2.19. The Bertz CT molecular complexity index is 798. The van der Waals surface area contributed by atoms with E-state index in [1.807, 2.05) is 27.7 Å². The Kier molecular flexibility index (Phi) is 6.55. The van der Waals surface area contributed by atoms with E-state index in [9.17, 15) is 14.0 Å². The molecule has 0 aliphatic carbocycles. The molecule has 2 aromatic carbocycles. The lowest BCUT2D eigenvalue weighted by Crippen LogP contribution is -2.41. The summed E-state index contributed by atoms with van der Waals surface area (Å²) in [4.78, 5) is 25.1. The van der Waals surface area contributed by atoms with Gasteiger partial charge in [-0.05, 0) is 63.6 Å². The van der Waals surface area contributed by atoms with Gasteiger partial charge < -0.3 is 15.4 Å². The second-order valence-electron chi connectivity index (χ2n) is 7.21. The van der Waals surface area contributed by atoms with Gasteiger partial charge in [0, 0.05) is 5.54 Å². The predicted octanol–water partition coefficient (Wildman–Crippen LogP) is 4.15. The third-order valence-corrected chi connectivity index (χ3v) is 3.67. The monoisotopic (exact) mass is 372 g/mol. The van der Waals surface area contributed by atoms with Gasteiger partial charge in [-0.3, -0.25) is 9.59 Å². The van der Waals surface area contributed by atoms with Crippen LogP contribution in [0, 0.1) is 5.82 Å². The van der Waals surface area contributed by atoms with Crippen molar-refractivity contribution in [1.82, 2.24) is 5.32 Å². The standard InChI is InChI=1S/C21H25FN2O3/c1-5-18(27-15-12-10-14(22)11-13-15)20(26)23-17-9-7-6-8-16(17)19(25)24-21(2,3)4/h6-13,18H,5H2,1-4H3,(H,23,26)(H,24,25)/t18-/m1/s1. The molecule has 27 heavy (non-hydrogen) atoms. The first-order valence-corrected chi connectivity index (χ1v) is 8.84. The fourth-order valence-corrected chi connectivity index (χ4v) is 2.41. The molecule has 2 rings (SSSR count). The largest absolute Gasteiger partial charge is 0.481 e. The molecule has 0 radical (unpaired) electrons. The Morgan fingerprint density at radius 2 is 1.70 bits per heavy atom. The second kappa shape index (κ2) is 8.66. The minimum Gasteiger partial charge on any atom is -0.481 e. The van der Waals surface area contributed by atoms with Crippen molar-refractivity contribution >= 4 is 17.5 Å². The zero-order valence-corrected chi connectivity index (χ0v) is 16.0. The van der Waals surface area contributed by atoms with E-state index in [4.69, 9.17) is 4.74 Å². The van der Waals surface area contributed by atoms with Gasteiger partial charge in [0.05, 0.1) is 11.3 Å². The molecule has 2 aromatic rings. The quantitative estimate of drug-likeness (QED) is 0.800. The number of nitrogens with one attached hydrogen (secondary N) is 2. The van der Waals surface area contributed by atoms with Crippen molar-refractivity contribution in [2.75, 3.05) is 5.32 Å². The number of rotatable bonds is 6. The Morgan fingerprint density at radius 3 is 2.30 bits per heavy atom. The van der Waals surface area contributed by atoms with E-state index >= 15 is 0 Å². The first kappa shape index (κ1) is 20.4. The Balaban J connectivity index is 2.14. The minimum absolute atomic E-state index is 0.272. The Labute approximate surface area is 158 Å². The number of halogens is 1. The second-order valence-corrected chi connectivity index (χ2v) is 7.21. The van der Waals surface area contributed by atoms with Crippen LogP contribution in [0.3, 0.4) is 0 Å². The summed E-state index contributed by atoms with van der Waals surface area (Å²) in [5.74, 6) is -0.625. The van der Waals surface area contributed by atoms with Crippen molar-refractivity contribution in [3.05, 3.63) is 59.9 Å². The van der Waals surface area contributed by atoms with Crippen LogP contribution in [0.5, 0.6) is 5.75 Å². The van der Waals surface area contributed by atoms with Crippen molar-refractivity contribution in [3.63, 3.8) is 0 Å². The van der Waals surface area contributed by atoms with Crippen LogP contribution in [-0.2, 0) is 4.79 Å². The molecule has 0 saturated heterocycles. The maximum atomic E-state index is 13.0. The van der Waals surface area contributed by atoms with E-state index in [0.29, 0.717) is 23.4 Å². The van der Waals surface area contributed by atoms with Crippen molar-refractivity contribution in [2.24, 2.45) is 0 Å². The smallest absolute Gasteiger partial charge is 0.265 e. The van der Waals surface area contributed by atoms with Gasteiger partial charge in [0.25, 0.3) is 11.8 Å². The Hall–Kier alpha value is -2.89. The Morgan fingerprint density at radius 1 is 1.07 bits per heavy atom. The molecule has 0 aliphatic rings. The van der Waals surface area contributed by atoms with Gasteiger partial charge in [-0.1, -0.05) is 19.1 Å². The van der Waals surface area contributed by atoms with Crippen molar-refractivity contribution in [1.29, 1.82) is 0 Å². The molecule has 0 heterocycles. The number of hydrogen-bond acceptors (Lipinski definition) is 3. The lowest BCUT2D eigenvalue weighted by molar-refractivity contribution is -0.122. The molecule has 0 aliphatic heterocycles. The minimum atomic E-state index is -0.769. The fourth-order valence-electron chi connectivity index (χ4n) is 2.41. The molecule has 0 saturated carbocycles. The predicted molar refractivity (Wildman–Crippen MR) is 103 cm³/mol. The molecular formula is C21H25FN2O3. The summed E-state index contributed by atoms with van der Waals surface area (Å²) in [6.07, 6.45) is -0.353. The molecule has 144 valence electrons.